The Kier molecular flexibility index (Phi) is 8.83. The molecular formula is C21H24N4O8. The summed E-state index contributed by atoms with van der Waals surface area (Å²) in [7, 11) is 0. The molecule has 1 aromatic heterocycles. The molecule has 0 amide bonds. The van der Waals surface area contributed by atoms with Crippen LogP contribution in [0.4, 0.5) is 5.69 Å². The average Bonchev–Trinajstić information content (AvgIpc) is 2.65. The molecule has 2 rings (SSSR count). The molecule has 0 fully saturated rings. The summed E-state index contributed by atoms with van der Waals surface area (Å²) < 4.78 is 0. The highest BCUT2D eigenvalue weighted by atomic mass is 16.4. The first-order valence-electron chi connectivity index (χ1n) is 9.69. The van der Waals surface area contributed by atoms with Gasteiger partial charge in [0.25, 0.3) is 0 Å². The van der Waals surface area contributed by atoms with Crippen molar-refractivity contribution in [1.82, 2.24) is 14.8 Å². The van der Waals surface area contributed by atoms with Crippen LogP contribution in [0.1, 0.15) is 11.4 Å². The molecule has 0 bridgehead atoms. The highest BCUT2D eigenvalue weighted by Crippen LogP contribution is 2.24. The van der Waals surface area contributed by atoms with Crippen LogP contribution in [0.15, 0.2) is 36.4 Å². The zero-order valence-corrected chi connectivity index (χ0v) is 17.5. The number of pyridine rings is 1. The number of nitrogen functional groups attached to an aromatic ring is 1. The largest absolute Gasteiger partial charge is 0.480 e. The quantitative estimate of drug-likeness (QED) is 0.256. The molecule has 0 spiro atoms. The summed E-state index contributed by atoms with van der Waals surface area (Å²) in [5.41, 5.74) is 8.34. The summed E-state index contributed by atoms with van der Waals surface area (Å²) >= 11 is 0. The molecular weight excluding hydrogens is 436 g/mol. The maximum Gasteiger partial charge on any atom is 0.317 e. The Morgan fingerprint density at radius 1 is 0.697 bits per heavy atom. The molecule has 0 unspecified atom stereocenters. The number of carbonyl (C=O) groups is 4. The summed E-state index contributed by atoms with van der Waals surface area (Å²) in [4.78, 5) is 51.3. The number of aromatic nitrogens is 1. The van der Waals surface area contributed by atoms with Gasteiger partial charge in [-0.1, -0.05) is 12.1 Å². The van der Waals surface area contributed by atoms with E-state index in [1.54, 1.807) is 36.4 Å². The molecule has 0 atom stereocenters. The fraction of sp³-hybridized carbons (Fsp3) is 0.286. The van der Waals surface area contributed by atoms with Crippen molar-refractivity contribution in [3.8, 4) is 11.1 Å². The Labute approximate surface area is 188 Å². The van der Waals surface area contributed by atoms with Crippen LogP contribution in [0.3, 0.4) is 0 Å². The predicted octanol–water partition coefficient (Wildman–Crippen LogP) is 0.273. The second kappa shape index (κ2) is 11.5. The van der Waals surface area contributed by atoms with Crippen molar-refractivity contribution >= 4 is 29.6 Å². The molecule has 1 aromatic carbocycles. The van der Waals surface area contributed by atoms with Crippen LogP contribution >= 0.6 is 0 Å². The number of rotatable bonds is 13. The lowest BCUT2D eigenvalue weighted by atomic mass is 10.0. The number of anilines is 1. The maximum absolute atomic E-state index is 11.1. The molecule has 0 aliphatic carbocycles. The molecule has 33 heavy (non-hydrogen) atoms. The minimum absolute atomic E-state index is 0.111. The van der Waals surface area contributed by atoms with E-state index in [9.17, 15) is 19.2 Å². The van der Waals surface area contributed by atoms with E-state index >= 15 is 0 Å². The normalized spacial score (nSPS) is 11.0. The summed E-state index contributed by atoms with van der Waals surface area (Å²) in [6, 6.07) is 10.2. The number of carboxylic acids is 4. The topological polar surface area (TPSA) is 195 Å². The third-order valence-electron chi connectivity index (χ3n) is 4.36. The maximum atomic E-state index is 11.1. The number of benzene rings is 1. The smallest absolute Gasteiger partial charge is 0.317 e. The van der Waals surface area contributed by atoms with Gasteiger partial charge < -0.3 is 26.2 Å². The van der Waals surface area contributed by atoms with E-state index < -0.39 is 50.1 Å². The molecule has 176 valence electrons. The Balaban J connectivity index is 2.46. The molecule has 0 saturated carbocycles. The van der Waals surface area contributed by atoms with Gasteiger partial charge in [-0.25, -0.2) is 0 Å². The van der Waals surface area contributed by atoms with E-state index in [-0.39, 0.29) is 13.1 Å². The molecule has 0 aliphatic heterocycles. The zero-order valence-electron chi connectivity index (χ0n) is 17.5. The predicted molar refractivity (Wildman–Crippen MR) is 115 cm³/mol. The van der Waals surface area contributed by atoms with Crippen LogP contribution in [0, 0.1) is 0 Å². The van der Waals surface area contributed by atoms with Gasteiger partial charge in [-0.2, -0.15) is 0 Å². The summed E-state index contributed by atoms with van der Waals surface area (Å²) in [5.74, 6) is -4.84. The molecule has 1 heterocycles. The van der Waals surface area contributed by atoms with E-state index in [1.165, 1.54) is 9.80 Å². The average molecular weight is 460 g/mol. The lowest BCUT2D eigenvalue weighted by Gasteiger charge is -2.21. The number of aliphatic carboxylic acids is 4. The Morgan fingerprint density at radius 2 is 1.12 bits per heavy atom. The first kappa shape index (κ1) is 25.2. The highest BCUT2D eigenvalue weighted by Gasteiger charge is 2.18. The van der Waals surface area contributed by atoms with E-state index in [4.69, 9.17) is 26.2 Å². The van der Waals surface area contributed by atoms with Gasteiger partial charge in [0, 0.05) is 18.8 Å². The molecule has 12 heteroatoms. The number of carboxylic acid groups (broad SMARTS) is 4. The number of nitrogens with two attached hydrogens (primary N) is 1. The van der Waals surface area contributed by atoms with Gasteiger partial charge >= 0.3 is 23.9 Å². The molecule has 6 N–H and O–H groups in total. The first-order chi connectivity index (χ1) is 15.5. The summed E-state index contributed by atoms with van der Waals surface area (Å²) in [6.07, 6.45) is 0. The van der Waals surface area contributed by atoms with Crippen LogP contribution in [0.2, 0.25) is 0 Å². The second-order valence-electron chi connectivity index (χ2n) is 7.33. The number of hydrogen-bond donors (Lipinski definition) is 5. The van der Waals surface area contributed by atoms with Gasteiger partial charge in [0.05, 0.1) is 37.6 Å². The molecule has 0 radical (unpaired) electrons. The van der Waals surface area contributed by atoms with Crippen LogP contribution in [-0.2, 0) is 32.3 Å². The van der Waals surface area contributed by atoms with Gasteiger partial charge in [-0.3, -0.25) is 34.0 Å². The van der Waals surface area contributed by atoms with Gasteiger partial charge in [-0.15, -0.1) is 0 Å². The fourth-order valence-electron chi connectivity index (χ4n) is 3.26. The van der Waals surface area contributed by atoms with Crippen molar-refractivity contribution in [2.24, 2.45) is 0 Å². The number of hydrogen-bond acceptors (Lipinski definition) is 8. The Bertz CT molecular complexity index is 954. The Hall–Kier alpha value is -4.03. The van der Waals surface area contributed by atoms with Crippen molar-refractivity contribution < 1.29 is 39.6 Å². The van der Waals surface area contributed by atoms with Gasteiger partial charge in [0.1, 0.15) is 0 Å². The Morgan fingerprint density at radius 3 is 1.48 bits per heavy atom. The highest BCUT2D eigenvalue weighted by molar-refractivity contribution is 5.73. The lowest BCUT2D eigenvalue weighted by molar-refractivity contribution is -0.144. The van der Waals surface area contributed by atoms with Crippen molar-refractivity contribution in [3.63, 3.8) is 0 Å². The zero-order chi connectivity index (χ0) is 24.5. The summed E-state index contributed by atoms with van der Waals surface area (Å²) in [6.45, 7) is -2.35. The van der Waals surface area contributed by atoms with Crippen LogP contribution in [0.5, 0.6) is 0 Å². The standard InChI is InChI=1S/C21H24N4O8/c22-15-3-1-2-13(4-15)14-5-16(7-24(9-18(26)27)10-19(28)29)23-17(6-14)8-25(11-20(30)31)12-21(32)33/h1-6H,7-12,22H2,(H,26,27)(H,28,29)(H,30,31)(H,32,33). The third-order valence-corrected chi connectivity index (χ3v) is 4.36. The van der Waals surface area contributed by atoms with E-state index in [2.05, 4.69) is 4.98 Å². The van der Waals surface area contributed by atoms with E-state index in [0.29, 0.717) is 28.2 Å². The summed E-state index contributed by atoms with van der Waals surface area (Å²) in [5, 5.41) is 36.4. The van der Waals surface area contributed by atoms with Crippen LogP contribution < -0.4 is 5.73 Å². The van der Waals surface area contributed by atoms with Crippen LogP contribution in [-0.4, -0.2) is 85.3 Å². The first-order valence-corrected chi connectivity index (χ1v) is 9.69. The van der Waals surface area contributed by atoms with Gasteiger partial charge in [0.2, 0.25) is 0 Å². The third kappa shape index (κ3) is 8.93. The molecule has 0 saturated heterocycles. The SMILES string of the molecule is Nc1cccc(-c2cc(CN(CC(=O)O)CC(=O)O)nc(CN(CC(=O)O)CC(=O)O)c2)c1. The van der Waals surface area contributed by atoms with Gasteiger partial charge in [0.15, 0.2) is 0 Å². The van der Waals surface area contributed by atoms with E-state index in [0.717, 1.165) is 0 Å². The minimum atomic E-state index is -1.21. The molecule has 12 nitrogen and oxygen atoms in total. The monoisotopic (exact) mass is 460 g/mol. The minimum Gasteiger partial charge on any atom is -0.480 e. The second-order valence-corrected chi connectivity index (χ2v) is 7.33. The molecule has 2 aromatic rings. The van der Waals surface area contributed by atoms with E-state index in [1.807, 2.05) is 0 Å². The van der Waals surface area contributed by atoms with Crippen molar-refractivity contribution in [2.75, 3.05) is 31.9 Å². The molecule has 0 aliphatic rings. The lowest BCUT2D eigenvalue weighted by Crippen LogP contribution is -2.35. The van der Waals surface area contributed by atoms with Crippen molar-refractivity contribution in [1.29, 1.82) is 0 Å². The fourth-order valence-corrected chi connectivity index (χ4v) is 3.26. The van der Waals surface area contributed by atoms with Crippen molar-refractivity contribution in [3.05, 3.63) is 47.8 Å². The van der Waals surface area contributed by atoms with Gasteiger partial charge in [-0.05, 0) is 35.4 Å². The van der Waals surface area contributed by atoms with Crippen molar-refractivity contribution in [2.45, 2.75) is 13.1 Å². The number of nitrogens with zero attached hydrogens (tertiary/aromatic N) is 3. The van der Waals surface area contributed by atoms with Crippen LogP contribution in [0.25, 0.3) is 11.1 Å².